The zero-order valence-electron chi connectivity index (χ0n) is 10.6. The van der Waals surface area contributed by atoms with Crippen molar-refractivity contribution in [3.05, 3.63) is 29.8 Å². The van der Waals surface area contributed by atoms with Crippen LogP contribution in [0, 0.1) is 5.92 Å². The highest BCUT2D eigenvalue weighted by Gasteiger charge is 2.23. The number of hydrogen-bond acceptors (Lipinski definition) is 3. The predicted octanol–water partition coefficient (Wildman–Crippen LogP) is 1.59. The average Bonchev–Trinajstić information content (AvgIpc) is 2.39. The number of anilines is 1. The summed E-state index contributed by atoms with van der Waals surface area (Å²) in [6.45, 7) is 3.16. The molecule has 0 aromatic heterocycles. The topological polar surface area (TPSA) is 63.4 Å². The summed E-state index contributed by atoms with van der Waals surface area (Å²) in [6.07, 6.45) is 1.85. The van der Waals surface area contributed by atoms with Crippen LogP contribution in [0.1, 0.15) is 30.1 Å². The van der Waals surface area contributed by atoms with Crippen LogP contribution in [0.2, 0.25) is 0 Å². The Labute approximate surface area is 107 Å². The Balaban J connectivity index is 2.11. The number of amides is 1. The van der Waals surface area contributed by atoms with Gasteiger partial charge in [0, 0.05) is 24.3 Å². The van der Waals surface area contributed by atoms with Gasteiger partial charge in [-0.1, -0.05) is 0 Å². The van der Waals surface area contributed by atoms with E-state index < -0.39 is 0 Å². The van der Waals surface area contributed by atoms with Gasteiger partial charge in [0.2, 0.25) is 5.91 Å². The number of ketones is 1. The van der Waals surface area contributed by atoms with E-state index in [-0.39, 0.29) is 17.6 Å². The maximum absolute atomic E-state index is 11.2. The van der Waals surface area contributed by atoms with E-state index in [9.17, 15) is 9.59 Å². The molecular weight excluding hydrogens is 228 g/mol. The van der Waals surface area contributed by atoms with Gasteiger partial charge in [-0.2, -0.15) is 0 Å². The maximum atomic E-state index is 11.2. The zero-order chi connectivity index (χ0) is 13.1. The number of piperidine rings is 1. The van der Waals surface area contributed by atoms with Gasteiger partial charge < -0.3 is 10.6 Å². The van der Waals surface area contributed by atoms with E-state index >= 15 is 0 Å². The molecule has 0 saturated carbocycles. The van der Waals surface area contributed by atoms with Gasteiger partial charge in [0.05, 0.1) is 5.92 Å². The van der Waals surface area contributed by atoms with Crippen molar-refractivity contribution in [2.75, 3.05) is 18.0 Å². The summed E-state index contributed by atoms with van der Waals surface area (Å²) in [6, 6.07) is 7.51. The van der Waals surface area contributed by atoms with Crippen LogP contribution in [0.15, 0.2) is 24.3 Å². The molecule has 1 heterocycles. The Kier molecular flexibility index (Phi) is 3.65. The summed E-state index contributed by atoms with van der Waals surface area (Å²) >= 11 is 0. The van der Waals surface area contributed by atoms with Crippen molar-refractivity contribution in [3.8, 4) is 0 Å². The molecule has 4 heteroatoms. The maximum Gasteiger partial charge on any atom is 0.222 e. The van der Waals surface area contributed by atoms with Crippen LogP contribution in [0.5, 0.6) is 0 Å². The largest absolute Gasteiger partial charge is 0.371 e. The standard InChI is InChI=1S/C14H18N2O2/c1-10(17)11-4-6-13(7-5-11)16-8-2-3-12(9-16)14(15)18/h4-7,12H,2-3,8-9H2,1H3,(H2,15,18)/t12-/m1/s1. The molecule has 18 heavy (non-hydrogen) atoms. The number of primary amides is 1. The second kappa shape index (κ2) is 5.21. The summed E-state index contributed by atoms with van der Waals surface area (Å²) in [5.74, 6) is -0.221. The number of benzene rings is 1. The van der Waals surface area contributed by atoms with E-state index in [1.165, 1.54) is 0 Å². The molecule has 2 N–H and O–H groups in total. The van der Waals surface area contributed by atoms with Crippen molar-refractivity contribution in [3.63, 3.8) is 0 Å². The van der Waals surface area contributed by atoms with E-state index in [1.54, 1.807) is 6.92 Å². The van der Waals surface area contributed by atoms with Crippen LogP contribution in [0.3, 0.4) is 0 Å². The molecule has 1 atom stereocenters. The molecule has 1 aromatic rings. The number of nitrogens with zero attached hydrogens (tertiary/aromatic N) is 1. The first kappa shape index (κ1) is 12.6. The number of rotatable bonds is 3. The van der Waals surface area contributed by atoms with Gasteiger partial charge in [-0.25, -0.2) is 0 Å². The minimum atomic E-state index is -0.222. The molecule has 4 nitrogen and oxygen atoms in total. The van der Waals surface area contributed by atoms with Gasteiger partial charge in [0.1, 0.15) is 0 Å². The van der Waals surface area contributed by atoms with Gasteiger partial charge in [0.25, 0.3) is 0 Å². The number of carbonyl (C=O) groups excluding carboxylic acids is 2. The number of nitrogens with two attached hydrogens (primary N) is 1. The molecule has 1 fully saturated rings. The van der Waals surface area contributed by atoms with Crippen molar-refractivity contribution in [1.29, 1.82) is 0 Å². The molecular formula is C14H18N2O2. The highest BCUT2D eigenvalue weighted by Crippen LogP contribution is 2.23. The van der Waals surface area contributed by atoms with Crippen molar-refractivity contribution >= 4 is 17.4 Å². The molecule has 1 aromatic carbocycles. The summed E-state index contributed by atoms with van der Waals surface area (Å²) in [5, 5.41) is 0. The highest BCUT2D eigenvalue weighted by molar-refractivity contribution is 5.94. The first-order valence-electron chi connectivity index (χ1n) is 6.23. The minimum Gasteiger partial charge on any atom is -0.371 e. The van der Waals surface area contributed by atoms with E-state index in [2.05, 4.69) is 4.90 Å². The normalized spacial score (nSPS) is 19.6. The van der Waals surface area contributed by atoms with Crippen LogP contribution in [-0.2, 0) is 4.79 Å². The number of hydrogen-bond donors (Lipinski definition) is 1. The predicted molar refractivity (Wildman–Crippen MR) is 70.6 cm³/mol. The molecule has 0 spiro atoms. The van der Waals surface area contributed by atoms with Crippen molar-refractivity contribution in [1.82, 2.24) is 0 Å². The van der Waals surface area contributed by atoms with Gasteiger partial charge in [-0.3, -0.25) is 9.59 Å². The first-order valence-corrected chi connectivity index (χ1v) is 6.23. The third kappa shape index (κ3) is 2.70. The second-order valence-corrected chi connectivity index (χ2v) is 4.79. The molecule has 96 valence electrons. The van der Waals surface area contributed by atoms with Crippen LogP contribution >= 0.6 is 0 Å². The molecule has 0 radical (unpaired) electrons. The molecule has 0 bridgehead atoms. The number of carbonyl (C=O) groups is 2. The van der Waals surface area contributed by atoms with E-state index in [1.807, 2.05) is 24.3 Å². The Bertz CT molecular complexity index is 453. The lowest BCUT2D eigenvalue weighted by Crippen LogP contribution is -2.41. The van der Waals surface area contributed by atoms with Crippen molar-refractivity contribution in [2.45, 2.75) is 19.8 Å². The average molecular weight is 246 g/mol. The van der Waals surface area contributed by atoms with Gasteiger partial charge in [-0.05, 0) is 44.0 Å². The van der Waals surface area contributed by atoms with E-state index in [4.69, 9.17) is 5.73 Å². The van der Waals surface area contributed by atoms with Crippen molar-refractivity contribution < 1.29 is 9.59 Å². The lowest BCUT2D eigenvalue weighted by molar-refractivity contribution is -0.122. The van der Waals surface area contributed by atoms with Crippen LogP contribution in [0.4, 0.5) is 5.69 Å². The lowest BCUT2D eigenvalue weighted by Gasteiger charge is -2.33. The monoisotopic (exact) mass is 246 g/mol. The SMILES string of the molecule is CC(=O)c1ccc(N2CCC[C@@H](C(N)=O)C2)cc1. The molecule has 1 aliphatic rings. The van der Waals surface area contributed by atoms with Gasteiger partial charge >= 0.3 is 0 Å². The fourth-order valence-electron chi connectivity index (χ4n) is 2.35. The fraction of sp³-hybridized carbons (Fsp3) is 0.429. The van der Waals surface area contributed by atoms with Crippen LogP contribution in [0.25, 0.3) is 0 Å². The Morgan fingerprint density at radius 3 is 2.50 bits per heavy atom. The fourth-order valence-corrected chi connectivity index (χ4v) is 2.35. The Hall–Kier alpha value is -1.84. The molecule has 2 rings (SSSR count). The molecule has 0 aliphatic carbocycles. The van der Waals surface area contributed by atoms with Crippen molar-refractivity contribution in [2.24, 2.45) is 11.7 Å². The van der Waals surface area contributed by atoms with Gasteiger partial charge in [-0.15, -0.1) is 0 Å². The van der Waals surface area contributed by atoms with E-state index in [0.717, 1.165) is 25.1 Å². The number of Topliss-reactive ketones (excluding diaryl/α,β-unsaturated/α-hetero) is 1. The zero-order valence-corrected chi connectivity index (χ0v) is 10.6. The third-order valence-electron chi connectivity index (χ3n) is 3.46. The van der Waals surface area contributed by atoms with Crippen LogP contribution < -0.4 is 10.6 Å². The molecule has 1 saturated heterocycles. The van der Waals surface area contributed by atoms with E-state index in [0.29, 0.717) is 12.1 Å². The second-order valence-electron chi connectivity index (χ2n) is 4.79. The summed E-state index contributed by atoms with van der Waals surface area (Å²) in [4.78, 5) is 24.6. The first-order chi connectivity index (χ1) is 8.58. The van der Waals surface area contributed by atoms with Gasteiger partial charge in [0.15, 0.2) is 5.78 Å². The Morgan fingerprint density at radius 1 is 1.28 bits per heavy atom. The third-order valence-corrected chi connectivity index (χ3v) is 3.46. The summed E-state index contributed by atoms with van der Waals surface area (Å²) < 4.78 is 0. The van der Waals surface area contributed by atoms with Crippen LogP contribution in [-0.4, -0.2) is 24.8 Å². The highest BCUT2D eigenvalue weighted by atomic mass is 16.1. The Morgan fingerprint density at radius 2 is 1.94 bits per heavy atom. The molecule has 1 aliphatic heterocycles. The molecule has 0 unspecified atom stereocenters. The lowest BCUT2D eigenvalue weighted by atomic mass is 9.97. The molecule has 1 amide bonds. The quantitative estimate of drug-likeness (QED) is 0.824. The summed E-state index contributed by atoms with van der Waals surface area (Å²) in [5.41, 5.74) is 7.12. The summed E-state index contributed by atoms with van der Waals surface area (Å²) in [7, 11) is 0. The smallest absolute Gasteiger partial charge is 0.222 e. The minimum absolute atomic E-state index is 0.0637.